The lowest BCUT2D eigenvalue weighted by molar-refractivity contribution is -0.137. The van der Waals surface area contributed by atoms with Gasteiger partial charge in [-0.3, -0.25) is 4.79 Å². The van der Waals surface area contributed by atoms with E-state index in [9.17, 15) is 9.59 Å². The molecule has 0 spiro atoms. The van der Waals surface area contributed by atoms with Crippen molar-refractivity contribution in [2.75, 3.05) is 19.6 Å². The first kappa shape index (κ1) is 14.2. The number of hydrogen-bond acceptors (Lipinski definition) is 2. The predicted octanol–water partition coefficient (Wildman–Crippen LogP) is 1.23. The standard InChI is InChI=1S/C11H18N2O3/c1-4-7-13(8-10(14)15)11(16)12-6-5-9(2)3/h4-5H,1,6-8H2,2-3H3,(H,12,16)(H,14,15). The lowest BCUT2D eigenvalue weighted by Crippen LogP contribution is -2.42. The van der Waals surface area contributed by atoms with Crippen LogP contribution in [0.25, 0.3) is 0 Å². The van der Waals surface area contributed by atoms with Crippen LogP contribution in [0, 0.1) is 0 Å². The van der Waals surface area contributed by atoms with Crippen LogP contribution in [0.1, 0.15) is 13.8 Å². The lowest BCUT2D eigenvalue weighted by Gasteiger charge is -2.18. The molecule has 5 heteroatoms. The molecule has 0 aromatic rings. The largest absolute Gasteiger partial charge is 0.480 e. The van der Waals surface area contributed by atoms with Crippen molar-refractivity contribution < 1.29 is 14.7 Å². The maximum atomic E-state index is 11.5. The number of aliphatic carboxylic acids is 1. The van der Waals surface area contributed by atoms with Gasteiger partial charge in [0.1, 0.15) is 6.54 Å². The highest BCUT2D eigenvalue weighted by Gasteiger charge is 2.13. The molecule has 0 aliphatic rings. The van der Waals surface area contributed by atoms with Gasteiger partial charge < -0.3 is 15.3 Å². The quantitative estimate of drug-likeness (QED) is 0.669. The Morgan fingerprint density at radius 2 is 2.06 bits per heavy atom. The Balaban J connectivity index is 4.21. The number of nitrogens with zero attached hydrogens (tertiary/aromatic N) is 1. The fraction of sp³-hybridized carbons (Fsp3) is 0.455. The summed E-state index contributed by atoms with van der Waals surface area (Å²) in [7, 11) is 0. The van der Waals surface area contributed by atoms with Crippen molar-refractivity contribution in [3.8, 4) is 0 Å². The van der Waals surface area contributed by atoms with E-state index in [0.717, 1.165) is 5.57 Å². The van der Waals surface area contributed by atoms with E-state index in [1.54, 1.807) is 0 Å². The molecule has 0 heterocycles. The Kier molecular flexibility index (Phi) is 6.67. The molecule has 0 fully saturated rings. The second-order valence-electron chi connectivity index (χ2n) is 3.53. The molecule has 0 bridgehead atoms. The number of carbonyl (C=O) groups is 2. The lowest BCUT2D eigenvalue weighted by atomic mass is 10.3. The number of carbonyl (C=O) groups excluding carboxylic acids is 1. The van der Waals surface area contributed by atoms with E-state index in [0.29, 0.717) is 6.54 Å². The van der Waals surface area contributed by atoms with Crippen molar-refractivity contribution in [2.45, 2.75) is 13.8 Å². The smallest absolute Gasteiger partial charge is 0.323 e. The van der Waals surface area contributed by atoms with Gasteiger partial charge in [-0.15, -0.1) is 6.58 Å². The van der Waals surface area contributed by atoms with Gasteiger partial charge >= 0.3 is 12.0 Å². The average Bonchev–Trinajstić information content (AvgIpc) is 2.15. The van der Waals surface area contributed by atoms with Crippen LogP contribution >= 0.6 is 0 Å². The Hall–Kier alpha value is -1.78. The van der Waals surface area contributed by atoms with Crippen molar-refractivity contribution in [1.82, 2.24) is 10.2 Å². The van der Waals surface area contributed by atoms with E-state index in [1.807, 2.05) is 19.9 Å². The molecule has 0 radical (unpaired) electrons. The molecule has 0 rings (SSSR count). The Morgan fingerprint density at radius 3 is 2.50 bits per heavy atom. The second kappa shape index (κ2) is 7.50. The van der Waals surface area contributed by atoms with E-state index in [1.165, 1.54) is 11.0 Å². The summed E-state index contributed by atoms with van der Waals surface area (Å²) in [6.45, 7) is 7.60. The number of carboxylic acids is 1. The molecule has 0 atom stereocenters. The first-order valence-electron chi connectivity index (χ1n) is 4.96. The Morgan fingerprint density at radius 1 is 1.44 bits per heavy atom. The van der Waals surface area contributed by atoms with Crippen LogP contribution in [0.5, 0.6) is 0 Å². The third-order valence-corrected chi connectivity index (χ3v) is 1.73. The normalized spacial score (nSPS) is 9.12. The van der Waals surface area contributed by atoms with Gasteiger partial charge in [0.25, 0.3) is 0 Å². The number of amides is 2. The minimum Gasteiger partial charge on any atom is -0.480 e. The molecule has 2 amide bonds. The van der Waals surface area contributed by atoms with Crippen molar-refractivity contribution in [1.29, 1.82) is 0 Å². The third-order valence-electron chi connectivity index (χ3n) is 1.73. The zero-order valence-electron chi connectivity index (χ0n) is 9.69. The highest BCUT2D eigenvalue weighted by molar-refractivity contribution is 5.80. The third kappa shape index (κ3) is 6.64. The molecular weight excluding hydrogens is 208 g/mol. The van der Waals surface area contributed by atoms with E-state index >= 15 is 0 Å². The summed E-state index contributed by atoms with van der Waals surface area (Å²) in [5.41, 5.74) is 1.09. The van der Waals surface area contributed by atoms with E-state index < -0.39 is 12.0 Å². The molecule has 0 aromatic heterocycles. The maximum Gasteiger partial charge on any atom is 0.323 e. The maximum absolute atomic E-state index is 11.5. The summed E-state index contributed by atoms with van der Waals surface area (Å²) < 4.78 is 0. The summed E-state index contributed by atoms with van der Waals surface area (Å²) in [4.78, 5) is 23.2. The summed E-state index contributed by atoms with van der Waals surface area (Å²) in [6.07, 6.45) is 3.34. The molecule has 0 aromatic carbocycles. The zero-order chi connectivity index (χ0) is 12.6. The average molecular weight is 226 g/mol. The molecule has 0 unspecified atom stereocenters. The van der Waals surface area contributed by atoms with Crippen molar-refractivity contribution >= 4 is 12.0 Å². The summed E-state index contributed by atoms with van der Waals surface area (Å²) >= 11 is 0. The Labute approximate surface area is 95.4 Å². The fourth-order valence-corrected chi connectivity index (χ4v) is 0.993. The first-order valence-corrected chi connectivity index (χ1v) is 4.96. The second-order valence-corrected chi connectivity index (χ2v) is 3.53. The van der Waals surface area contributed by atoms with Crippen LogP contribution in [0.2, 0.25) is 0 Å². The summed E-state index contributed by atoms with van der Waals surface area (Å²) in [5.74, 6) is -1.04. The van der Waals surface area contributed by atoms with Crippen molar-refractivity contribution in [3.63, 3.8) is 0 Å². The molecule has 0 saturated carbocycles. The van der Waals surface area contributed by atoms with Crippen LogP contribution in [0.4, 0.5) is 4.79 Å². The summed E-state index contributed by atoms with van der Waals surface area (Å²) in [6, 6.07) is -0.403. The predicted molar refractivity (Wildman–Crippen MR) is 62.2 cm³/mol. The van der Waals surface area contributed by atoms with E-state index in [-0.39, 0.29) is 13.1 Å². The van der Waals surface area contributed by atoms with Crippen molar-refractivity contribution in [2.24, 2.45) is 0 Å². The van der Waals surface area contributed by atoms with Crippen LogP contribution in [-0.2, 0) is 4.79 Å². The number of nitrogens with one attached hydrogen (secondary N) is 1. The van der Waals surface area contributed by atoms with Gasteiger partial charge in [0.15, 0.2) is 0 Å². The molecular formula is C11H18N2O3. The van der Waals surface area contributed by atoms with Gasteiger partial charge in [-0.05, 0) is 13.8 Å². The highest BCUT2D eigenvalue weighted by atomic mass is 16.4. The van der Waals surface area contributed by atoms with Gasteiger partial charge in [-0.1, -0.05) is 17.7 Å². The number of hydrogen-bond donors (Lipinski definition) is 2. The number of urea groups is 1. The first-order chi connectivity index (χ1) is 7.47. The number of rotatable bonds is 6. The SMILES string of the molecule is C=CCN(CC(=O)O)C(=O)NCC=C(C)C. The number of carboxylic acid groups (broad SMARTS) is 1. The molecule has 16 heavy (non-hydrogen) atoms. The molecule has 2 N–H and O–H groups in total. The summed E-state index contributed by atoms with van der Waals surface area (Å²) in [5, 5.41) is 11.2. The van der Waals surface area contributed by atoms with E-state index in [2.05, 4.69) is 11.9 Å². The van der Waals surface area contributed by atoms with Gasteiger partial charge in [-0.2, -0.15) is 0 Å². The van der Waals surface area contributed by atoms with Crippen LogP contribution in [0.15, 0.2) is 24.3 Å². The van der Waals surface area contributed by atoms with Crippen LogP contribution < -0.4 is 5.32 Å². The monoisotopic (exact) mass is 226 g/mol. The zero-order valence-corrected chi connectivity index (χ0v) is 9.69. The number of allylic oxidation sites excluding steroid dienone is 1. The minimum absolute atomic E-state index is 0.215. The van der Waals surface area contributed by atoms with Gasteiger partial charge in [0.2, 0.25) is 0 Å². The van der Waals surface area contributed by atoms with Gasteiger partial charge in [-0.25, -0.2) is 4.79 Å². The van der Waals surface area contributed by atoms with E-state index in [4.69, 9.17) is 5.11 Å². The molecule has 5 nitrogen and oxygen atoms in total. The molecule has 0 saturated heterocycles. The topological polar surface area (TPSA) is 69.6 Å². The van der Waals surface area contributed by atoms with Crippen LogP contribution in [-0.4, -0.2) is 41.6 Å². The Bertz CT molecular complexity index is 294. The van der Waals surface area contributed by atoms with Gasteiger partial charge in [0, 0.05) is 13.1 Å². The van der Waals surface area contributed by atoms with Crippen LogP contribution in [0.3, 0.4) is 0 Å². The molecule has 90 valence electrons. The molecule has 0 aliphatic heterocycles. The molecule has 0 aliphatic carbocycles. The minimum atomic E-state index is -1.04. The van der Waals surface area contributed by atoms with Gasteiger partial charge in [0.05, 0.1) is 0 Å². The van der Waals surface area contributed by atoms with Crippen molar-refractivity contribution in [3.05, 3.63) is 24.3 Å². The fourth-order valence-electron chi connectivity index (χ4n) is 0.993. The highest BCUT2D eigenvalue weighted by Crippen LogP contribution is 1.91.